The number of hydrogen-bond donors (Lipinski definition) is 0. The van der Waals surface area contributed by atoms with Crippen molar-refractivity contribution < 1.29 is 18.7 Å². The zero-order chi connectivity index (χ0) is 7.98. The number of carbonyl (C=O) groups is 1. The van der Waals surface area contributed by atoms with Crippen LogP contribution in [0.15, 0.2) is 12.2 Å². The summed E-state index contributed by atoms with van der Waals surface area (Å²) in [5.41, 5.74) is 0. The van der Waals surface area contributed by atoms with Crippen LogP contribution in [-0.2, 0) is 4.79 Å². The van der Waals surface area contributed by atoms with E-state index in [1.165, 1.54) is 0 Å². The first-order valence-corrected chi connectivity index (χ1v) is 2.84. The summed E-state index contributed by atoms with van der Waals surface area (Å²) in [5, 5.41) is 9.72. The van der Waals surface area contributed by atoms with Gasteiger partial charge >= 0.3 is 0 Å². The van der Waals surface area contributed by atoms with E-state index < -0.39 is 12.0 Å². The summed E-state index contributed by atoms with van der Waals surface area (Å²) in [4.78, 5) is 9.72. The van der Waals surface area contributed by atoms with Gasteiger partial charge in [-0.3, -0.25) is 0 Å². The molecule has 0 rings (SSSR count). The average molecular weight is 149 g/mol. The molecule has 0 saturated carbocycles. The molecule has 4 heteroatoms. The van der Waals surface area contributed by atoms with E-state index in [1.54, 1.807) is 0 Å². The molecule has 0 atom stereocenters. The van der Waals surface area contributed by atoms with E-state index in [9.17, 15) is 18.7 Å². The summed E-state index contributed by atoms with van der Waals surface area (Å²) in [6, 6.07) is 0. The van der Waals surface area contributed by atoms with Crippen LogP contribution in [0.1, 0.15) is 19.3 Å². The molecule has 0 aromatic heterocycles. The molecule has 0 heterocycles. The van der Waals surface area contributed by atoms with E-state index in [1.807, 2.05) is 0 Å². The Hall–Kier alpha value is -0.930. The van der Waals surface area contributed by atoms with Crippen LogP contribution in [0.4, 0.5) is 8.78 Å². The van der Waals surface area contributed by atoms with Gasteiger partial charge in [-0.1, -0.05) is 0 Å². The summed E-state index contributed by atoms with van der Waals surface area (Å²) >= 11 is 0. The zero-order valence-electron chi connectivity index (χ0n) is 5.27. The molecule has 2 nitrogen and oxygen atoms in total. The van der Waals surface area contributed by atoms with Gasteiger partial charge in [0.05, 0.1) is 0 Å². The number of aliphatic carboxylic acids is 1. The Morgan fingerprint density at radius 3 is 2.50 bits per heavy atom. The van der Waals surface area contributed by atoms with Crippen molar-refractivity contribution in [2.45, 2.75) is 19.3 Å². The van der Waals surface area contributed by atoms with Crippen LogP contribution in [0.2, 0.25) is 0 Å². The molecule has 0 spiro atoms. The SMILES string of the molecule is O=C([O-])CCCC=C(F)F. The Kier molecular flexibility index (Phi) is 4.45. The Morgan fingerprint density at radius 1 is 1.50 bits per heavy atom. The Morgan fingerprint density at radius 2 is 2.10 bits per heavy atom. The van der Waals surface area contributed by atoms with Crippen LogP contribution in [0.25, 0.3) is 0 Å². The van der Waals surface area contributed by atoms with Gasteiger partial charge in [-0.15, -0.1) is 0 Å². The largest absolute Gasteiger partial charge is 0.550 e. The van der Waals surface area contributed by atoms with Gasteiger partial charge in [0.15, 0.2) is 0 Å². The fourth-order valence-electron chi connectivity index (χ4n) is 0.458. The average Bonchev–Trinajstić information content (AvgIpc) is 1.79. The molecule has 0 N–H and O–H groups in total. The second-order valence-electron chi connectivity index (χ2n) is 1.76. The molecule has 0 aliphatic rings. The van der Waals surface area contributed by atoms with Crippen LogP contribution in [0.5, 0.6) is 0 Å². The van der Waals surface area contributed by atoms with Crippen molar-refractivity contribution in [2.75, 3.05) is 0 Å². The summed E-state index contributed by atoms with van der Waals surface area (Å²) in [6.45, 7) is 0. The molecule has 0 aromatic rings. The fraction of sp³-hybridized carbons (Fsp3) is 0.500. The number of carboxylic acids is 1. The van der Waals surface area contributed by atoms with Crippen molar-refractivity contribution in [1.29, 1.82) is 0 Å². The van der Waals surface area contributed by atoms with Crippen LogP contribution < -0.4 is 5.11 Å². The topological polar surface area (TPSA) is 40.1 Å². The monoisotopic (exact) mass is 149 g/mol. The zero-order valence-corrected chi connectivity index (χ0v) is 5.27. The molecule has 58 valence electrons. The first-order chi connectivity index (χ1) is 4.63. The quantitative estimate of drug-likeness (QED) is 0.551. The number of rotatable bonds is 4. The lowest BCUT2D eigenvalue weighted by atomic mass is 10.2. The molecule has 0 aliphatic carbocycles. The molecule has 0 aromatic carbocycles. The van der Waals surface area contributed by atoms with Crippen LogP contribution in [-0.4, -0.2) is 5.97 Å². The summed E-state index contributed by atoms with van der Waals surface area (Å²) in [7, 11) is 0. The van der Waals surface area contributed by atoms with Gasteiger partial charge in [0, 0.05) is 5.97 Å². The van der Waals surface area contributed by atoms with E-state index in [-0.39, 0.29) is 19.3 Å². The molecule has 0 bridgehead atoms. The highest BCUT2D eigenvalue weighted by Crippen LogP contribution is 2.02. The van der Waals surface area contributed by atoms with Crippen molar-refractivity contribution in [3.8, 4) is 0 Å². The lowest BCUT2D eigenvalue weighted by Gasteiger charge is -1.96. The normalized spacial score (nSPS) is 9.00. The molecule has 0 unspecified atom stereocenters. The molecular formula is C6H7F2O2-. The minimum Gasteiger partial charge on any atom is -0.550 e. The third-order valence-corrected chi connectivity index (χ3v) is 0.884. The number of halogens is 2. The Balaban J connectivity index is 3.21. The highest BCUT2D eigenvalue weighted by Gasteiger charge is 1.88. The third-order valence-electron chi connectivity index (χ3n) is 0.884. The van der Waals surface area contributed by atoms with Gasteiger partial charge < -0.3 is 9.90 Å². The van der Waals surface area contributed by atoms with Crippen LogP contribution in [0.3, 0.4) is 0 Å². The summed E-state index contributed by atoms with van der Waals surface area (Å²) in [5.74, 6) is -1.20. The minimum atomic E-state index is -1.77. The van der Waals surface area contributed by atoms with Crippen molar-refractivity contribution in [3.05, 3.63) is 12.2 Å². The molecule has 0 fully saturated rings. The lowest BCUT2D eigenvalue weighted by Crippen LogP contribution is -2.21. The maximum absolute atomic E-state index is 11.3. The molecule has 0 amide bonds. The van der Waals surface area contributed by atoms with Gasteiger partial charge in [-0.05, 0) is 25.3 Å². The van der Waals surface area contributed by atoms with Gasteiger partial charge in [0.2, 0.25) is 0 Å². The van der Waals surface area contributed by atoms with Gasteiger partial charge in [-0.2, -0.15) is 8.78 Å². The van der Waals surface area contributed by atoms with Crippen molar-refractivity contribution in [1.82, 2.24) is 0 Å². The fourth-order valence-corrected chi connectivity index (χ4v) is 0.458. The predicted molar refractivity (Wildman–Crippen MR) is 29.2 cm³/mol. The Labute approximate surface area is 57.2 Å². The number of hydrogen-bond acceptors (Lipinski definition) is 2. The van der Waals surface area contributed by atoms with Gasteiger partial charge in [0.1, 0.15) is 0 Å². The van der Waals surface area contributed by atoms with E-state index in [4.69, 9.17) is 0 Å². The first kappa shape index (κ1) is 9.07. The number of allylic oxidation sites excluding steroid dienone is 1. The highest BCUT2D eigenvalue weighted by molar-refractivity contribution is 5.64. The second-order valence-corrected chi connectivity index (χ2v) is 1.76. The smallest absolute Gasteiger partial charge is 0.266 e. The maximum Gasteiger partial charge on any atom is 0.266 e. The van der Waals surface area contributed by atoms with Crippen LogP contribution >= 0.6 is 0 Å². The molecule has 0 aliphatic heterocycles. The Bertz CT molecular complexity index is 139. The van der Waals surface area contributed by atoms with Crippen molar-refractivity contribution in [3.63, 3.8) is 0 Å². The van der Waals surface area contributed by atoms with Gasteiger partial charge in [-0.25, -0.2) is 0 Å². The van der Waals surface area contributed by atoms with Crippen molar-refractivity contribution in [2.24, 2.45) is 0 Å². The number of carbonyl (C=O) groups excluding carboxylic acids is 1. The standard InChI is InChI=1S/C6H8F2O2/c7-5(8)3-1-2-4-6(9)10/h3H,1-2,4H2,(H,9,10)/p-1. The van der Waals surface area contributed by atoms with Crippen LogP contribution in [0, 0.1) is 0 Å². The maximum atomic E-state index is 11.3. The lowest BCUT2D eigenvalue weighted by molar-refractivity contribution is -0.305. The van der Waals surface area contributed by atoms with Crippen molar-refractivity contribution >= 4 is 5.97 Å². The van der Waals surface area contributed by atoms with E-state index >= 15 is 0 Å². The molecular weight excluding hydrogens is 142 g/mol. The number of unbranched alkanes of at least 4 members (excludes halogenated alkanes) is 1. The molecule has 10 heavy (non-hydrogen) atoms. The first-order valence-electron chi connectivity index (χ1n) is 2.84. The predicted octanol–water partition coefficient (Wildman–Crippen LogP) is 0.687. The molecule has 0 radical (unpaired) electrons. The third kappa shape index (κ3) is 7.07. The van der Waals surface area contributed by atoms with Gasteiger partial charge in [0.25, 0.3) is 6.08 Å². The number of carboxylic acid groups (broad SMARTS) is 1. The molecule has 0 saturated heterocycles. The highest BCUT2D eigenvalue weighted by atomic mass is 19.3. The summed E-state index contributed by atoms with van der Waals surface area (Å²) < 4.78 is 22.5. The van der Waals surface area contributed by atoms with E-state index in [0.29, 0.717) is 6.08 Å². The second kappa shape index (κ2) is 4.90. The minimum absolute atomic E-state index is 0.0936. The van der Waals surface area contributed by atoms with E-state index in [0.717, 1.165) is 0 Å². The summed E-state index contributed by atoms with van der Waals surface area (Å²) in [6.07, 6.45) is -0.929. The van der Waals surface area contributed by atoms with E-state index in [2.05, 4.69) is 0 Å².